The van der Waals surface area contributed by atoms with Gasteiger partial charge in [-0.05, 0) is 24.6 Å². The van der Waals surface area contributed by atoms with E-state index in [0.29, 0.717) is 27.8 Å². The maximum absolute atomic E-state index is 12.4. The number of methoxy groups -OCH3 is 1. The number of amides is 1. The van der Waals surface area contributed by atoms with E-state index >= 15 is 0 Å². The summed E-state index contributed by atoms with van der Waals surface area (Å²) in [6, 6.07) is 6.74. The number of carbonyl (C=O) groups is 1. The van der Waals surface area contributed by atoms with Crippen LogP contribution in [0.1, 0.15) is 23.8 Å². The zero-order chi connectivity index (χ0) is 15.4. The first kappa shape index (κ1) is 15.3. The number of hydrogen-bond acceptors (Lipinski definition) is 3. The molecule has 0 spiro atoms. The quantitative estimate of drug-likeness (QED) is 0.889. The van der Waals surface area contributed by atoms with E-state index in [1.54, 1.807) is 37.6 Å². The normalized spacial score (nSPS) is 10.4. The van der Waals surface area contributed by atoms with Gasteiger partial charge in [0.2, 0.25) is 0 Å². The smallest absolute Gasteiger partial charge is 0.272 e. The molecule has 3 N–H and O–H groups in total. The maximum atomic E-state index is 12.4. The Morgan fingerprint density at radius 1 is 1.43 bits per heavy atom. The maximum Gasteiger partial charge on any atom is 0.272 e. The van der Waals surface area contributed by atoms with E-state index in [0.717, 1.165) is 13.0 Å². The van der Waals surface area contributed by atoms with Crippen molar-refractivity contribution < 1.29 is 9.53 Å². The minimum absolute atomic E-state index is 0.254. The van der Waals surface area contributed by atoms with Gasteiger partial charge in [0, 0.05) is 18.8 Å². The molecular weight excluding hydrogens is 290 g/mol. The first-order valence-electron chi connectivity index (χ1n) is 6.65. The molecule has 1 amide bonds. The summed E-state index contributed by atoms with van der Waals surface area (Å²) in [7, 11) is 1.56. The SMILES string of the molecule is CCCn1cc(N)cc1C(=O)Nc1cc(OC)ccc1Cl. The van der Waals surface area contributed by atoms with Crippen molar-refractivity contribution in [1.82, 2.24) is 4.57 Å². The highest BCUT2D eigenvalue weighted by Gasteiger charge is 2.14. The van der Waals surface area contributed by atoms with Crippen LogP contribution in [0.3, 0.4) is 0 Å². The van der Waals surface area contributed by atoms with Gasteiger partial charge in [0.05, 0.1) is 23.5 Å². The summed E-state index contributed by atoms with van der Waals surface area (Å²) in [6.07, 6.45) is 2.67. The Kier molecular flexibility index (Phi) is 4.75. The Morgan fingerprint density at radius 2 is 2.19 bits per heavy atom. The molecule has 0 aliphatic heterocycles. The van der Waals surface area contributed by atoms with Gasteiger partial charge in [-0.15, -0.1) is 0 Å². The second kappa shape index (κ2) is 6.54. The number of nitrogens with zero attached hydrogens (tertiary/aromatic N) is 1. The van der Waals surface area contributed by atoms with Gasteiger partial charge in [-0.25, -0.2) is 0 Å². The number of nitrogens with two attached hydrogens (primary N) is 1. The number of aryl methyl sites for hydroxylation is 1. The molecule has 2 rings (SSSR count). The zero-order valence-corrected chi connectivity index (χ0v) is 12.8. The van der Waals surface area contributed by atoms with Crippen LogP contribution in [0.4, 0.5) is 11.4 Å². The highest BCUT2D eigenvalue weighted by Crippen LogP contribution is 2.27. The molecule has 0 bridgehead atoms. The fraction of sp³-hybridized carbons (Fsp3) is 0.267. The van der Waals surface area contributed by atoms with E-state index in [1.165, 1.54) is 0 Å². The lowest BCUT2D eigenvalue weighted by atomic mass is 10.2. The molecule has 1 aromatic carbocycles. The third-order valence-corrected chi connectivity index (χ3v) is 3.37. The van der Waals surface area contributed by atoms with Crippen LogP contribution in [0.15, 0.2) is 30.5 Å². The van der Waals surface area contributed by atoms with Crippen LogP contribution in [0.25, 0.3) is 0 Å². The summed E-state index contributed by atoms with van der Waals surface area (Å²) in [6.45, 7) is 2.77. The molecule has 2 aromatic rings. The molecule has 0 aliphatic carbocycles. The summed E-state index contributed by atoms with van der Waals surface area (Å²) in [5, 5.41) is 3.24. The fourth-order valence-electron chi connectivity index (χ4n) is 2.06. The highest BCUT2D eigenvalue weighted by molar-refractivity contribution is 6.34. The lowest BCUT2D eigenvalue weighted by Crippen LogP contribution is -2.17. The van der Waals surface area contributed by atoms with Crippen molar-refractivity contribution in [2.75, 3.05) is 18.2 Å². The van der Waals surface area contributed by atoms with Crippen molar-refractivity contribution in [2.24, 2.45) is 0 Å². The van der Waals surface area contributed by atoms with Gasteiger partial charge in [-0.1, -0.05) is 18.5 Å². The minimum atomic E-state index is -0.254. The molecule has 0 saturated carbocycles. The lowest BCUT2D eigenvalue weighted by molar-refractivity contribution is 0.101. The number of ether oxygens (including phenoxy) is 1. The van der Waals surface area contributed by atoms with Crippen LogP contribution in [0.2, 0.25) is 5.02 Å². The number of benzene rings is 1. The van der Waals surface area contributed by atoms with E-state index in [2.05, 4.69) is 5.32 Å². The third-order valence-electron chi connectivity index (χ3n) is 3.04. The van der Waals surface area contributed by atoms with Crippen molar-refractivity contribution >= 4 is 28.9 Å². The van der Waals surface area contributed by atoms with E-state index in [-0.39, 0.29) is 5.91 Å². The molecular formula is C15H18ClN3O2. The predicted molar refractivity (Wildman–Crippen MR) is 85.1 cm³/mol. The molecule has 0 aliphatic rings. The average molecular weight is 308 g/mol. The number of aromatic nitrogens is 1. The number of hydrogen-bond donors (Lipinski definition) is 2. The van der Waals surface area contributed by atoms with E-state index in [1.807, 2.05) is 11.5 Å². The summed E-state index contributed by atoms with van der Waals surface area (Å²) >= 11 is 6.09. The number of anilines is 2. The molecule has 1 aromatic heterocycles. The van der Waals surface area contributed by atoms with E-state index in [4.69, 9.17) is 22.1 Å². The molecule has 0 saturated heterocycles. The molecule has 0 fully saturated rings. The zero-order valence-electron chi connectivity index (χ0n) is 12.0. The predicted octanol–water partition coefficient (Wildman–Crippen LogP) is 3.39. The standard InChI is InChI=1S/C15H18ClN3O2/c1-3-6-19-9-10(17)7-14(19)15(20)18-13-8-11(21-2)4-5-12(13)16/h4-5,7-9H,3,6,17H2,1-2H3,(H,18,20). The average Bonchev–Trinajstić information content (AvgIpc) is 2.82. The summed E-state index contributed by atoms with van der Waals surface area (Å²) < 4.78 is 6.96. The minimum Gasteiger partial charge on any atom is -0.497 e. The summed E-state index contributed by atoms with van der Waals surface area (Å²) in [5.74, 6) is 0.369. The fourth-order valence-corrected chi connectivity index (χ4v) is 2.23. The van der Waals surface area contributed by atoms with Crippen LogP contribution in [-0.2, 0) is 6.54 Å². The van der Waals surface area contributed by atoms with Gasteiger partial charge < -0.3 is 20.4 Å². The first-order chi connectivity index (χ1) is 10.0. The first-order valence-corrected chi connectivity index (χ1v) is 7.03. The van der Waals surface area contributed by atoms with Gasteiger partial charge in [0.15, 0.2) is 0 Å². The number of halogens is 1. The van der Waals surface area contributed by atoms with Crippen LogP contribution in [0.5, 0.6) is 5.75 Å². The van der Waals surface area contributed by atoms with Crippen molar-refractivity contribution in [3.63, 3.8) is 0 Å². The molecule has 21 heavy (non-hydrogen) atoms. The van der Waals surface area contributed by atoms with E-state index in [9.17, 15) is 4.79 Å². The van der Waals surface area contributed by atoms with Crippen molar-refractivity contribution in [3.8, 4) is 5.75 Å². The Bertz CT molecular complexity index is 652. The Labute approximate surface area is 128 Å². The molecule has 0 unspecified atom stereocenters. The van der Waals surface area contributed by atoms with Crippen molar-refractivity contribution in [2.45, 2.75) is 19.9 Å². The Hall–Kier alpha value is -2.14. The molecule has 112 valence electrons. The van der Waals surface area contributed by atoms with Gasteiger partial charge in [0.1, 0.15) is 11.4 Å². The largest absolute Gasteiger partial charge is 0.497 e. The molecule has 0 radical (unpaired) electrons. The number of nitrogen functional groups attached to an aromatic ring is 1. The second-order valence-electron chi connectivity index (χ2n) is 4.65. The topological polar surface area (TPSA) is 69.3 Å². The van der Waals surface area contributed by atoms with Gasteiger partial charge in [0.25, 0.3) is 5.91 Å². The lowest BCUT2D eigenvalue weighted by Gasteiger charge is -2.11. The van der Waals surface area contributed by atoms with Gasteiger partial charge >= 0.3 is 0 Å². The van der Waals surface area contributed by atoms with Gasteiger partial charge in [-0.2, -0.15) is 0 Å². The number of rotatable bonds is 5. The third kappa shape index (κ3) is 3.49. The van der Waals surface area contributed by atoms with E-state index < -0.39 is 0 Å². The molecule has 1 heterocycles. The number of carbonyl (C=O) groups excluding carboxylic acids is 1. The summed E-state index contributed by atoms with van der Waals surface area (Å²) in [5.41, 5.74) is 7.34. The van der Waals surface area contributed by atoms with Crippen molar-refractivity contribution in [1.29, 1.82) is 0 Å². The van der Waals surface area contributed by atoms with Crippen molar-refractivity contribution in [3.05, 3.63) is 41.2 Å². The van der Waals surface area contributed by atoms with Crippen LogP contribution < -0.4 is 15.8 Å². The molecule has 0 atom stereocenters. The van der Waals surface area contributed by atoms with Crippen LogP contribution in [-0.4, -0.2) is 17.6 Å². The second-order valence-corrected chi connectivity index (χ2v) is 5.06. The monoisotopic (exact) mass is 307 g/mol. The Morgan fingerprint density at radius 3 is 2.86 bits per heavy atom. The molecule has 6 heteroatoms. The molecule has 5 nitrogen and oxygen atoms in total. The Balaban J connectivity index is 2.25. The highest BCUT2D eigenvalue weighted by atomic mass is 35.5. The van der Waals surface area contributed by atoms with Crippen LogP contribution in [0, 0.1) is 0 Å². The van der Waals surface area contributed by atoms with Gasteiger partial charge in [-0.3, -0.25) is 4.79 Å². The number of nitrogens with one attached hydrogen (secondary N) is 1. The van der Waals surface area contributed by atoms with Crippen LogP contribution >= 0.6 is 11.6 Å². The summed E-state index contributed by atoms with van der Waals surface area (Å²) in [4.78, 5) is 12.4.